The highest BCUT2D eigenvalue weighted by Gasteiger charge is 2.15. The van der Waals surface area contributed by atoms with Crippen molar-refractivity contribution >= 4 is 16.6 Å². The molecule has 4 rings (SSSR count). The van der Waals surface area contributed by atoms with E-state index in [9.17, 15) is 4.39 Å². The molecule has 2 aromatic heterocycles. The Morgan fingerprint density at radius 2 is 1.80 bits per heavy atom. The number of aryl methyl sites for hydroxylation is 1. The van der Waals surface area contributed by atoms with Crippen LogP contribution < -0.4 is 5.32 Å². The Balaban J connectivity index is 1.71. The van der Waals surface area contributed by atoms with E-state index >= 15 is 0 Å². The SMILES string of the molecule is Cc1nnc(-c2nnc(NCc3cccc(F)c3)c3ccccc23)o1. The summed E-state index contributed by atoms with van der Waals surface area (Å²) in [6, 6.07) is 14.1. The maximum Gasteiger partial charge on any atom is 0.268 e. The fourth-order valence-electron chi connectivity index (χ4n) is 2.62. The quantitative estimate of drug-likeness (QED) is 0.612. The van der Waals surface area contributed by atoms with Crippen LogP contribution in [0.5, 0.6) is 0 Å². The fourth-order valence-corrected chi connectivity index (χ4v) is 2.62. The van der Waals surface area contributed by atoms with Crippen molar-refractivity contribution in [1.82, 2.24) is 20.4 Å². The van der Waals surface area contributed by atoms with Crippen LogP contribution in [0.1, 0.15) is 11.5 Å². The van der Waals surface area contributed by atoms with Gasteiger partial charge in [0.15, 0.2) is 11.5 Å². The molecule has 2 heterocycles. The van der Waals surface area contributed by atoms with Crippen LogP contribution in [-0.2, 0) is 6.54 Å². The second kappa shape index (κ2) is 6.27. The zero-order valence-electron chi connectivity index (χ0n) is 13.4. The van der Waals surface area contributed by atoms with E-state index in [0.717, 1.165) is 16.3 Å². The largest absolute Gasteiger partial charge is 0.420 e. The molecule has 6 nitrogen and oxygen atoms in total. The van der Waals surface area contributed by atoms with E-state index in [-0.39, 0.29) is 5.82 Å². The molecular formula is C18H14FN5O. The van der Waals surface area contributed by atoms with Gasteiger partial charge in [-0.1, -0.05) is 36.4 Å². The molecule has 0 amide bonds. The van der Waals surface area contributed by atoms with Gasteiger partial charge in [-0.25, -0.2) is 4.39 Å². The van der Waals surface area contributed by atoms with Crippen LogP contribution in [0.15, 0.2) is 52.9 Å². The van der Waals surface area contributed by atoms with Crippen molar-refractivity contribution in [2.24, 2.45) is 0 Å². The van der Waals surface area contributed by atoms with Gasteiger partial charge in [0, 0.05) is 24.2 Å². The molecule has 0 spiro atoms. The Kier molecular flexibility index (Phi) is 3.81. The van der Waals surface area contributed by atoms with Crippen LogP contribution in [0, 0.1) is 12.7 Å². The van der Waals surface area contributed by atoms with Crippen molar-refractivity contribution in [3.05, 3.63) is 65.8 Å². The van der Waals surface area contributed by atoms with Crippen molar-refractivity contribution in [3.63, 3.8) is 0 Å². The van der Waals surface area contributed by atoms with Crippen LogP contribution in [0.2, 0.25) is 0 Å². The first-order valence-corrected chi connectivity index (χ1v) is 7.75. The highest BCUT2D eigenvalue weighted by atomic mass is 19.1. The number of nitrogens with zero attached hydrogens (tertiary/aromatic N) is 4. The average molecular weight is 335 g/mol. The highest BCUT2D eigenvalue weighted by Crippen LogP contribution is 2.29. The number of hydrogen-bond acceptors (Lipinski definition) is 6. The molecule has 0 atom stereocenters. The van der Waals surface area contributed by atoms with Crippen molar-refractivity contribution in [2.45, 2.75) is 13.5 Å². The Labute approximate surface area is 142 Å². The van der Waals surface area contributed by atoms with Gasteiger partial charge in [-0.15, -0.1) is 20.4 Å². The van der Waals surface area contributed by atoms with E-state index in [2.05, 4.69) is 25.7 Å². The molecule has 0 aliphatic rings. The number of aromatic nitrogens is 4. The summed E-state index contributed by atoms with van der Waals surface area (Å²) in [5, 5.41) is 21.3. The third kappa shape index (κ3) is 3.03. The van der Waals surface area contributed by atoms with Crippen LogP contribution in [0.25, 0.3) is 22.4 Å². The lowest BCUT2D eigenvalue weighted by Gasteiger charge is -2.09. The summed E-state index contributed by atoms with van der Waals surface area (Å²) in [7, 11) is 0. The predicted octanol–water partition coefficient (Wildman–Crippen LogP) is 3.74. The zero-order chi connectivity index (χ0) is 17.2. The van der Waals surface area contributed by atoms with E-state index in [4.69, 9.17) is 4.42 Å². The van der Waals surface area contributed by atoms with Crippen LogP contribution in [0.3, 0.4) is 0 Å². The Morgan fingerprint density at radius 1 is 0.960 bits per heavy atom. The smallest absolute Gasteiger partial charge is 0.268 e. The van der Waals surface area contributed by atoms with E-state index in [1.165, 1.54) is 12.1 Å². The first-order chi connectivity index (χ1) is 12.2. The zero-order valence-corrected chi connectivity index (χ0v) is 13.4. The normalized spacial score (nSPS) is 11.0. The highest BCUT2D eigenvalue weighted by molar-refractivity contribution is 5.98. The molecule has 0 saturated carbocycles. The first kappa shape index (κ1) is 15.2. The Hall–Kier alpha value is -3.35. The number of benzene rings is 2. The minimum Gasteiger partial charge on any atom is -0.420 e. The van der Waals surface area contributed by atoms with Gasteiger partial charge in [-0.05, 0) is 17.7 Å². The summed E-state index contributed by atoms with van der Waals surface area (Å²) in [5.41, 5.74) is 1.36. The van der Waals surface area contributed by atoms with Gasteiger partial charge in [0.1, 0.15) is 5.82 Å². The maximum atomic E-state index is 13.3. The van der Waals surface area contributed by atoms with Gasteiger partial charge in [0.2, 0.25) is 5.89 Å². The topological polar surface area (TPSA) is 76.7 Å². The number of anilines is 1. The molecule has 0 aliphatic carbocycles. The van der Waals surface area contributed by atoms with Crippen molar-refractivity contribution in [1.29, 1.82) is 0 Å². The van der Waals surface area contributed by atoms with Crippen LogP contribution in [-0.4, -0.2) is 20.4 Å². The molecule has 0 saturated heterocycles. The summed E-state index contributed by atoms with van der Waals surface area (Å²) >= 11 is 0. The van der Waals surface area contributed by atoms with Crippen LogP contribution in [0.4, 0.5) is 10.2 Å². The number of hydrogen-bond donors (Lipinski definition) is 1. The number of rotatable bonds is 4. The summed E-state index contributed by atoms with van der Waals surface area (Å²) in [6.07, 6.45) is 0. The summed E-state index contributed by atoms with van der Waals surface area (Å²) in [5.74, 6) is 1.14. The number of nitrogens with one attached hydrogen (secondary N) is 1. The first-order valence-electron chi connectivity index (χ1n) is 7.75. The molecule has 7 heteroatoms. The number of fused-ring (bicyclic) bond motifs is 1. The van der Waals surface area contributed by atoms with E-state index in [1.807, 2.05) is 30.3 Å². The second-order valence-corrected chi connectivity index (χ2v) is 5.55. The monoisotopic (exact) mass is 335 g/mol. The molecular weight excluding hydrogens is 321 g/mol. The maximum absolute atomic E-state index is 13.3. The Bertz CT molecular complexity index is 1050. The van der Waals surface area contributed by atoms with Gasteiger partial charge in [-0.2, -0.15) is 0 Å². The Morgan fingerprint density at radius 3 is 2.56 bits per heavy atom. The van der Waals surface area contributed by atoms with Crippen molar-refractivity contribution in [2.75, 3.05) is 5.32 Å². The lowest BCUT2D eigenvalue weighted by Crippen LogP contribution is -2.04. The summed E-state index contributed by atoms with van der Waals surface area (Å²) < 4.78 is 18.8. The average Bonchev–Trinajstić information content (AvgIpc) is 3.06. The van der Waals surface area contributed by atoms with Gasteiger partial charge >= 0.3 is 0 Å². The molecule has 4 aromatic rings. The third-order valence-corrected chi connectivity index (χ3v) is 3.76. The lowest BCUT2D eigenvalue weighted by molar-refractivity contribution is 0.531. The predicted molar refractivity (Wildman–Crippen MR) is 91.3 cm³/mol. The van der Waals surface area contributed by atoms with Gasteiger partial charge in [0.05, 0.1) is 0 Å². The second-order valence-electron chi connectivity index (χ2n) is 5.55. The summed E-state index contributed by atoms with van der Waals surface area (Å²) in [6.45, 7) is 2.16. The number of halogens is 1. The lowest BCUT2D eigenvalue weighted by atomic mass is 10.1. The molecule has 0 radical (unpaired) electrons. The minimum absolute atomic E-state index is 0.266. The van der Waals surface area contributed by atoms with E-state index in [0.29, 0.717) is 29.8 Å². The molecule has 1 N–H and O–H groups in total. The van der Waals surface area contributed by atoms with E-state index in [1.54, 1.807) is 13.0 Å². The molecule has 124 valence electrons. The van der Waals surface area contributed by atoms with Gasteiger partial charge in [0.25, 0.3) is 5.89 Å². The van der Waals surface area contributed by atoms with Crippen molar-refractivity contribution < 1.29 is 8.81 Å². The third-order valence-electron chi connectivity index (χ3n) is 3.76. The fraction of sp³-hybridized carbons (Fsp3) is 0.111. The van der Waals surface area contributed by atoms with Gasteiger partial charge in [-0.3, -0.25) is 0 Å². The molecule has 0 fully saturated rings. The minimum atomic E-state index is -0.266. The molecule has 0 aliphatic heterocycles. The van der Waals surface area contributed by atoms with Crippen molar-refractivity contribution in [3.8, 4) is 11.6 Å². The molecule has 2 aromatic carbocycles. The summed E-state index contributed by atoms with van der Waals surface area (Å²) in [4.78, 5) is 0. The van der Waals surface area contributed by atoms with Gasteiger partial charge < -0.3 is 9.73 Å². The standard InChI is InChI=1S/C18H14FN5O/c1-11-21-24-18(25-11)16-14-7-2-3-8-15(14)17(23-22-16)20-10-12-5-4-6-13(19)9-12/h2-9H,10H2,1H3,(H,20,23). The van der Waals surface area contributed by atoms with Crippen LogP contribution >= 0.6 is 0 Å². The molecule has 25 heavy (non-hydrogen) atoms. The molecule has 0 unspecified atom stereocenters. The molecule has 0 bridgehead atoms. The van der Waals surface area contributed by atoms with E-state index < -0.39 is 0 Å².